The van der Waals surface area contributed by atoms with Crippen LogP contribution in [0.2, 0.25) is 0 Å². The summed E-state index contributed by atoms with van der Waals surface area (Å²) in [5.74, 6) is 2.65. The third-order valence-corrected chi connectivity index (χ3v) is 5.48. The molecule has 1 aromatic heterocycles. The van der Waals surface area contributed by atoms with Crippen LogP contribution >= 0.6 is 0 Å². The Labute approximate surface area is 101 Å². The Morgan fingerprint density at radius 1 is 1.53 bits per heavy atom. The van der Waals surface area contributed by atoms with Gasteiger partial charge >= 0.3 is 0 Å². The van der Waals surface area contributed by atoms with Crippen LogP contribution in [0.1, 0.15) is 36.3 Å². The zero-order chi connectivity index (χ0) is 11.9. The number of fused-ring (bicyclic) bond motifs is 4. The fourth-order valence-electron chi connectivity index (χ4n) is 4.58. The van der Waals surface area contributed by atoms with Gasteiger partial charge in [-0.3, -0.25) is 0 Å². The van der Waals surface area contributed by atoms with Crippen molar-refractivity contribution in [1.82, 2.24) is 0 Å². The lowest BCUT2D eigenvalue weighted by molar-refractivity contribution is 0.0272. The molecule has 0 amide bonds. The van der Waals surface area contributed by atoms with Crippen LogP contribution in [-0.2, 0) is 6.42 Å². The van der Waals surface area contributed by atoms with Crippen LogP contribution in [0.5, 0.6) is 0 Å². The average Bonchev–Trinajstić information content (AvgIpc) is 2.94. The molecule has 0 bridgehead atoms. The van der Waals surface area contributed by atoms with Gasteiger partial charge < -0.3 is 9.52 Å². The molecule has 4 rings (SSSR count). The SMILES string of the molecule is C=C1C2CC2C2(C)Cc3occ(C)c3C(O)C12. The van der Waals surface area contributed by atoms with E-state index in [1.807, 2.05) is 6.92 Å². The summed E-state index contributed by atoms with van der Waals surface area (Å²) in [6.45, 7) is 8.58. The molecule has 3 aliphatic carbocycles. The molecule has 2 heteroatoms. The number of aliphatic hydroxyl groups is 1. The smallest absolute Gasteiger partial charge is 0.110 e. The van der Waals surface area contributed by atoms with Gasteiger partial charge in [-0.15, -0.1) is 0 Å². The van der Waals surface area contributed by atoms with Gasteiger partial charge in [-0.25, -0.2) is 0 Å². The van der Waals surface area contributed by atoms with Crippen LogP contribution in [0.25, 0.3) is 0 Å². The number of rotatable bonds is 0. The summed E-state index contributed by atoms with van der Waals surface area (Å²) in [6, 6.07) is 0. The lowest BCUT2D eigenvalue weighted by Gasteiger charge is -2.41. The maximum absolute atomic E-state index is 10.7. The first-order chi connectivity index (χ1) is 8.04. The van der Waals surface area contributed by atoms with E-state index < -0.39 is 6.10 Å². The van der Waals surface area contributed by atoms with Gasteiger partial charge in [0.15, 0.2) is 0 Å². The first-order valence-corrected chi connectivity index (χ1v) is 6.47. The van der Waals surface area contributed by atoms with Gasteiger partial charge in [0.25, 0.3) is 0 Å². The van der Waals surface area contributed by atoms with Gasteiger partial charge in [0.1, 0.15) is 5.76 Å². The van der Waals surface area contributed by atoms with Crippen molar-refractivity contribution in [1.29, 1.82) is 0 Å². The van der Waals surface area contributed by atoms with Gasteiger partial charge in [-0.05, 0) is 36.2 Å². The van der Waals surface area contributed by atoms with Crippen LogP contribution in [0.15, 0.2) is 22.8 Å². The van der Waals surface area contributed by atoms with E-state index in [9.17, 15) is 5.11 Å². The monoisotopic (exact) mass is 230 g/mol. The molecule has 2 fully saturated rings. The van der Waals surface area contributed by atoms with E-state index in [2.05, 4.69) is 13.5 Å². The van der Waals surface area contributed by atoms with Crippen LogP contribution in [-0.4, -0.2) is 5.11 Å². The standard InChI is InChI=1S/C15H18O2/c1-7-6-17-11-5-15(3)10-4-9(10)8(2)13(15)14(16)12(7)11/h6,9-10,13-14,16H,2,4-5H2,1,3H3. The molecule has 17 heavy (non-hydrogen) atoms. The summed E-state index contributed by atoms with van der Waals surface area (Å²) < 4.78 is 5.64. The molecular formula is C15H18O2. The van der Waals surface area contributed by atoms with Gasteiger partial charge in [0.05, 0.1) is 12.4 Å². The van der Waals surface area contributed by atoms with E-state index in [1.165, 1.54) is 12.0 Å². The third kappa shape index (κ3) is 0.971. The maximum Gasteiger partial charge on any atom is 0.110 e. The highest BCUT2D eigenvalue weighted by molar-refractivity contribution is 5.42. The Balaban J connectivity index is 1.90. The maximum atomic E-state index is 10.7. The van der Waals surface area contributed by atoms with Gasteiger partial charge in [0.2, 0.25) is 0 Å². The third-order valence-electron chi connectivity index (χ3n) is 5.48. The van der Waals surface area contributed by atoms with E-state index in [1.54, 1.807) is 6.26 Å². The highest BCUT2D eigenvalue weighted by atomic mass is 16.3. The highest BCUT2D eigenvalue weighted by Crippen LogP contribution is 2.72. The minimum Gasteiger partial charge on any atom is -0.469 e. The summed E-state index contributed by atoms with van der Waals surface area (Å²) in [7, 11) is 0. The summed E-state index contributed by atoms with van der Waals surface area (Å²) in [5.41, 5.74) is 3.59. The molecule has 2 saturated carbocycles. The van der Waals surface area contributed by atoms with Crippen molar-refractivity contribution in [2.24, 2.45) is 23.2 Å². The van der Waals surface area contributed by atoms with Crippen molar-refractivity contribution >= 4 is 0 Å². The Kier molecular flexibility index (Phi) is 1.58. The first kappa shape index (κ1) is 9.95. The predicted molar refractivity (Wildman–Crippen MR) is 64.4 cm³/mol. The molecule has 3 aliphatic rings. The minimum atomic E-state index is -0.400. The second-order valence-corrected chi connectivity index (χ2v) is 6.38. The largest absolute Gasteiger partial charge is 0.469 e. The molecule has 90 valence electrons. The molecule has 1 aromatic rings. The lowest BCUT2D eigenvalue weighted by Crippen LogP contribution is -2.37. The molecule has 5 atom stereocenters. The Morgan fingerprint density at radius 2 is 2.29 bits per heavy atom. The number of aryl methyl sites for hydroxylation is 1. The molecule has 1 N–H and O–H groups in total. The van der Waals surface area contributed by atoms with Crippen LogP contribution in [0.4, 0.5) is 0 Å². The zero-order valence-corrected chi connectivity index (χ0v) is 10.4. The van der Waals surface area contributed by atoms with Gasteiger partial charge in [-0.2, -0.15) is 0 Å². The van der Waals surface area contributed by atoms with Crippen LogP contribution in [0, 0.1) is 30.1 Å². The van der Waals surface area contributed by atoms with Crippen molar-refractivity contribution < 1.29 is 9.52 Å². The molecule has 0 aliphatic heterocycles. The van der Waals surface area contributed by atoms with Crippen molar-refractivity contribution in [2.75, 3.05) is 0 Å². The molecule has 0 aromatic carbocycles. The fraction of sp³-hybridized carbons (Fsp3) is 0.600. The van der Waals surface area contributed by atoms with Crippen LogP contribution < -0.4 is 0 Å². The summed E-state index contributed by atoms with van der Waals surface area (Å²) in [6.07, 6.45) is 3.62. The quantitative estimate of drug-likeness (QED) is 0.695. The summed E-state index contributed by atoms with van der Waals surface area (Å²) >= 11 is 0. The predicted octanol–water partition coefficient (Wildman–Crippen LogP) is 3.01. The van der Waals surface area contributed by atoms with Crippen LogP contribution in [0.3, 0.4) is 0 Å². The summed E-state index contributed by atoms with van der Waals surface area (Å²) in [5, 5.41) is 10.7. The molecule has 5 unspecified atom stereocenters. The van der Waals surface area contributed by atoms with E-state index in [4.69, 9.17) is 4.42 Å². The molecular weight excluding hydrogens is 212 g/mol. The van der Waals surface area contributed by atoms with E-state index in [0.717, 1.165) is 29.2 Å². The molecule has 1 heterocycles. The Morgan fingerprint density at radius 3 is 3.06 bits per heavy atom. The van der Waals surface area contributed by atoms with Crippen molar-refractivity contribution in [2.45, 2.75) is 32.8 Å². The molecule has 0 saturated heterocycles. The molecule has 0 radical (unpaired) electrons. The second kappa shape index (κ2) is 2.69. The second-order valence-electron chi connectivity index (χ2n) is 6.38. The lowest BCUT2D eigenvalue weighted by atomic mass is 9.64. The Bertz CT molecular complexity index is 527. The normalized spacial score (nSPS) is 46.4. The number of furan rings is 1. The average molecular weight is 230 g/mol. The van der Waals surface area contributed by atoms with Crippen molar-refractivity contribution in [3.63, 3.8) is 0 Å². The number of aliphatic hydroxyl groups excluding tert-OH is 1. The highest BCUT2D eigenvalue weighted by Gasteiger charge is 2.66. The fourth-order valence-corrected chi connectivity index (χ4v) is 4.58. The first-order valence-electron chi connectivity index (χ1n) is 6.47. The van der Waals surface area contributed by atoms with Gasteiger partial charge in [-0.1, -0.05) is 19.1 Å². The topological polar surface area (TPSA) is 33.4 Å². The van der Waals surface area contributed by atoms with Crippen molar-refractivity contribution in [3.05, 3.63) is 35.3 Å². The van der Waals surface area contributed by atoms with E-state index in [-0.39, 0.29) is 11.3 Å². The zero-order valence-electron chi connectivity index (χ0n) is 10.4. The minimum absolute atomic E-state index is 0.179. The van der Waals surface area contributed by atoms with E-state index in [0.29, 0.717) is 5.92 Å². The van der Waals surface area contributed by atoms with Crippen molar-refractivity contribution in [3.8, 4) is 0 Å². The number of hydrogen-bond acceptors (Lipinski definition) is 2. The van der Waals surface area contributed by atoms with E-state index >= 15 is 0 Å². The summed E-state index contributed by atoms with van der Waals surface area (Å²) in [4.78, 5) is 0. The molecule has 2 nitrogen and oxygen atoms in total. The number of hydrogen-bond donors (Lipinski definition) is 1. The van der Waals surface area contributed by atoms with Gasteiger partial charge in [0, 0.05) is 17.9 Å². The molecule has 0 spiro atoms. The Hall–Kier alpha value is -1.02.